The van der Waals surface area contributed by atoms with Gasteiger partial charge in [0.2, 0.25) is 0 Å². The fraction of sp³-hybridized carbons (Fsp3) is 0.0149. The van der Waals surface area contributed by atoms with E-state index in [-0.39, 0.29) is 0 Å². The molecule has 0 unspecified atom stereocenters. The molecule has 2 heterocycles. The van der Waals surface area contributed by atoms with Crippen LogP contribution in [0.1, 0.15) is 22.3 Å². The highest BCUT2D eigenvalue weighted by Gasteiger charge is 2.46. The lowest BCUT2D eigenvalue weighted by atomic mass is 9.68. The number of rotatable bonds is 8. The average Bonchev–Trinajstić information content (AvgIpc) is 4.09. The average molecular weight is 909 g/mol. The molecule has 3 heteroatoms. The molecule has 1 aliphatic rings. The molecule has 0 amide bonds. The van der Waals surface area contributed by atoms with Crippen molar-refractivity contribution in [2.24, 2.45) is 0 Å². The number of benzene rings is 11. The lowest BCUT2D eigenvalue weighted by Crippen LogP contribution is -2.28. The molecule has 13 aromatic rings. The highest BCUT2D eigenvalue weighted by atomic mass is 32.1. The third-order valence-electron chi connectivity index (χ3n) is 14.7. The van der Waals surface area contributed by atoms with Crippen molar-refractivity contribution in [2.45, 2.75) is 5.41 Å². The summed E-state index contributed by atoms with van der Waals surface area (Å²) in [5, 5.41) is 5.16. The van der Waals surface area contributed by atoms with Gasteiger partial charge in [0, 0.05) is 53.7 Å². The van der Waals surface area contributed by atoms with Crippen LogP contribution in [0, 0.1) is 0 Å². The molecule has 0 saturated heterocycles. The molecule has 70 heavy (non-hydrogen) atoms. The van der Waals surface area contributed by atoms with Crippen LogP contribution in [0.4, 0.5) is 17.1 Å². The van der Waals surface area contributed by atoms with Gasteiger partial charge in [-0.25, -0.2) is 0 Å². The molecule has 14 rings (SSSR count). The molecule has 1 aliphatic carbocycles. The van der Waals surface area contributed by atoms with Gasteiger partial charge in [-0.2, -0.15) is 0 Å². The molecule has 2 aromatic heterocycles. The van der Waals surface area contributed by atoms with Crippen LogP contribution in [0.3, 0.4) is 0 Å². The topological polar surface area (TPSA) is 8.17 Å². The van der Waals surface area contributed by atoms with Crippen LogP contribution in [-0.2, 0) is 5.41 Å². The maximum absolute atomic E-state index is 2.43. The molecule has 0 atom stereocenters. The van der Waals surface area contributed by atoms with E-state index in [4.69, 9.17) is 0 Å². The smallest absolute Gasteiger partial charge is 0.0713 e. The highest BCUT2D eigenvalue weighted by Crippen LogP contribution is 2.57. The summed E-state index contributed by atoms with van der Waals surface area (Å²) >= 11 is 1.87. The van der Waals surface area contributed by atoms with Gasteiger partial charge in [0.1, 0.15) is 0 Å². The summed E-state index contributed by atoms with van der Waals surface area (Å²) in [6.45, 7) is 0. The van der Waals surface area contributed by atoms with Crippen molar-refractivity contribution in [3.8, 4) is 39.1 Å². The molecule has 328 valence electrons. The molecule has 0 spiro atoms. The van der Waals surface area contributed by atoms with Crippen molar-refractivity contribution in [2.75, 3.05) is 4.90 Å². The second-order valence-electron chi connectivity index (χ2n) is 18.4. The molecule has 2 nitrogen and oxygen atoms in total. The van der Waals surface area contributed by atoms with Crippen molar-refractivity contribution in [3.05, 3.63) is 289 Å². The first kappa shape index (κ1) is 40.3. The van der Waals surface area contributed by atoms with Gasteiger partial charge in [-0.15, -0.1) is 11.3 Å². The second kappa shape index (κ2) is 16.2. The largest absolute Gasteiger partial charge is 0.310 e. The van der Waals surface area contributed by atoms with E-state index >= 15 is 0 Å². The monoisotopic (exact) mass is 908 g/mol. The van der Waals surface area contributed by atoms with E-state index in [0.717, 1.165) is 28.3 Å². The van der Waals surface area contributed by atoms with Crippen molar-refractivity contribution in [1.82, 2.24) is 4.57 Å². The Bertz CT molecular complexity index is 4020. The van der Waals surface area contributed by atoms with Crippen LogP contribution in [-0.4, -0.2) is 4.57 Å². The maximum atomic E-state index is 2.43. The summed E-state index contributed by atoms with van der Waals surface area (Å²) in [5.74, 6) is 0. The first-order chi connectivity index (χ1) is 34.7. The van der Waals surface area contributed by atoms with Gasteiger partial charge < -0.3 is 9.47 Å². The SMILES string of the molecule is c1ccc(C2(c3ccccc3)c3ccccc3-c3cc(N(c4ccc(-c5cccc(-n6c7ccccc7c7ccccc76)c5)cc4)c4ccc(-c5cccc6sc7ccccc7c56)cc4)ccc32)cc1. The van der Waals surface area contributed by atoms with Gasteiger partial charge in [0.05, 0.1) is 16.4 Å². The quantitative estimate of drug-likeness (QED) is 0.147. The maximum Gasteiger partial charge on any atom is 0.0713 e. The Morgan fingerprint density at radius 3 is 1.56 bits per heavy atom. The molecule has 0 bridgehead atoms. The van der Waals surface area contributed by atoms with Crippen LogP contribution in [0.5, 0.6) is 0 Å². The molecule has 11 aromatic carbocycles. The van der Waals surface area contributed by atoms with E-state index < -0.39 is 5.41 Å². The number of thiophene rings is 1. The van der Waals surface area contributed by atoms with Crippen LogP contribution in [0.25, 0.3) is 81.0 Å². The highest BCUT2D eigenvalue weighted by molar-refractivity contribution is 7.25. The minimum absolute atomic E-state index is 0.471. The standard InChI is InChI=1S/C67H44N2S/c1-3-18-48(19-4-1)67(49-20-5-2-6-21-49)60-28-11-7-23-55(60)59-44-53(41-42-61(59)67)68(51-39-35-46(36-40-51)54-27-16-32-65-66(54)58-26-10-14-31-64(58)70-65)50-37-33-45(34-38-50)47-17-15-22-52(43-47)69-62-29-12-8-24-56(62)57-25-9-13-30-63(57)69/h1-44H. The van der Waals surface area contributed by atoms with Crippen LogP contribution in [0.2, 0.25) is 0 Å². The van der Waals surface area contributed by atoms with Crippen LogP contribution in [0.15, 0.2) is 267 Å². The molecule has 0 saturated carbocycles. The summed E-state index contributed by atoms with van der Waals surface area (Å²) in [6, 6.07) is 98.5. The molecule has 0 N–H and O–H groups in total. The normalized spacial score (nSPS) is 12.7. The lowest BCUT2D eigenvalue weighted by Gasteiger charge is -2.34. The summed E-state index contributed by atoms with van der Waals surface area (Å²) in [6.07, 6.45) is 0. The molecular weight excluding hydrogens is 865 g/mol. The van der Waals surface area contributed by atoms with E-state index in [1.165, 1.54) is 92.0 Å². The zero-order valence-corrected chi connectivity index (χ0v) is 39.0. The summed E-state index contributed by atoms with van der Waals surface area (Å²) < 4.78 is 5.02. The van der Waals surface area contributed by atoms with Crippen molar-refractivity contribution >= 4 is 70.4 Å². The van der Waals surface area contributed by atoms with Gasteiger partial charge in [0.15, 0.2) is 0 Å². The molecule has 0 fully saturated rings. The summed E-state index contributed by atoms with van der Waals surface area (Å²) in [4.78, 5) is 2.43. The Morgan fingerprint density at radius 1 is 0.329 bits per heavy atom. The van der Waals surface area contributed by atoms with Crippen molar-refractivity contribution < 1.29 is 0 Å². The number of fused-ring (bicyclic) bond motifs is 9. The number of anilines is 3. The number of hydrogen-bond acceptors (Lipinski definition) is 2. The summed E-state index contributed by atoms with van der Waals surface area (Å²) in [5.41, 5.74) is 18.8. The van der Waals surface area contributed by atoms with E-state index in [0.29, 0.717) is 0 Å². The Morgan fingerprint density at radius 2 is 0.857 bits per heavy atom. The van der Waals surface area contributed by atoms with Gasteiger partial charge in [-0.3, -0.25) is 0 Å². The third kappa shape index (κ3) is 6.19. The lowest BCUT2D eigenvalue weighted by molar-refractivity contribution is 0.768. The Balaban J connectivity index is 0.916. The minimum atomic E-state index is -0.471. The number of nitrogens with zero attached hydrogens (tertiary/aromatic N) is 2. The second-order valence-corrected chi connectivity index (χ2v) is 19.5. The van der Waals surface area contributed by atoms with E-state index in [1.54, 1.807) is 0 Å². The summed E-state index contributed by atoms with van der Waals surface area (Å²) in [7, 11) is 0. The van der Waals surface area contributed by atoms with E-state index in [9.17, 15) is 0 Å². The fourth-order valence-corrected chi connectivity index (χ4v) is 12.8. The first-order valence-corrected chi connectivity index (χ1v) is 24.9. The third-order valence-corrected chi connectivity index (χ3v) is 15.8. The zero-order valence-electron chi connectivity index (χ0n) is 38.2. The van der Waals surface area contributed by atoms with E-state index in [2.05, 4.69) is 276 Å². The number of hydrogen-bond donors (Lipinski definition) is 0. The Labute approximate surface area is 411 Å². The van der Waals surface area contributed by atoms with Crippen molar-refractivity contribution in [3.63, 3.8) is 0 Å². The molecular formula is C67H44N2S. The number of aromatic nitrogens is 1. The first-order valence-electron chi connectivity index (χ1n) is 24.1. The fourth-order valence-electron chi connectivity index (χ4n) is 11.7. The Hall–Kier alpha value is -8.76. The predicted molar refractivity (Wildman–Crippen MR) is 297 cm³/mol. The van der Waals surface area contributed by atoms with Crippen molar-refractivity contribution in [1.29, 1.82) is 0 Å². The van der Waals surface area contributed by atoms with Gasteiger partial charge >= 0.3 is 0 Å². The minimum Gasteiger partial charge on any atom is -0.310 e. The van der Waals surface area contributed by atoms with Crippen LogP contribution < -0.4 is 4.90 Å². The number of para-hydroxylation sites is 2. The van der Waals surface area contributed by atoms with Crippen LogP contribution >= 0.6 is 11.3 Å². The zero-order chi connectivity index (χ0) is 46.2. The van der Waals surface area contributed by atoms with Gasteiger partial charge in [0.25, 0.3) is 0 Å². The van der Waals surface area contributed by atoms with Gasteiger partial charge in [-0.05, 0) is 128 Å². The predicted octanol–water partition coefficient (Wildman–Crippen LogP) is 18.3. The van der Waals surface area contributed by atoms with E-state index in [1.807, 2.05) is 11.3 Å². The van der Waals surface area contributed by atoms with Gasteiger partial charge in [-0.1, -0.05) is 194 Å². The molecule has 0 radical (unpaired) electrons. The molecule has 0 aliphatic heterocycles. The Kier molecular flexibility index (Phi) is 9.33.